The van der Waals surface area contributed by atoms with Gasteiger partial charge in [-0.25, -0.2) is 9.97 Å². The second-order valence-corrected chi connectivity index (χ2v) is 8.97. The number of thiophene rings is 1. The fourth-order valence-corrected chi connectivity index (χ4v) is 5.15. The van der Waals surface area contributed by atoms with Crippen molar-refractivity contribution in [1.82, 2.24) is 19.5 Å². The van der Waals surface area contributed by atoms with Gasteiger partial charge in [-0.15, -0.1) is 17.9 Å². The van der Waals surface area contributed by atoms with Crippen LogP contribution in [0, 0.1) is 13.8 Å². The smallest absolute Gasteiger partial charge is 0.259 e. The number of H-pyrrole nitrogens is 1. The first-order chi connectivity index (χ1) is 13.0. The van der Waals surface area contributed by atoms with Gasteiger partial charge in [0.05, 0.1) is 21.7 Å². The highest BCUT2D eigenvalue weighted by Crippen LogP contribution is 2.35. The van der Waals surface area contributed by atoms with Crippen molar-refractivity contribution in [3.05, 3.63) is 63.5 Å². The molecular formula is C20H20N4OS2. The molecule has 0 aliphatic heterocycles. The molecule has 0 aliphatic rings. The molecule has 27 heavy (non-hydrogen) atoms. The molecule has 0 bridgehead atoms. The van der Waals surface area contributed by atoms with Crippen LogP contribution in [0.4, 0.5) is 0 Å². The summed E-state index contributed by atoms with van der Waals surface area (Å²) in [6.07, 6.45) is 1.87. The lowest BCUT2D eigenvalue weighted by Gasteiger charge is -2.11. The standard InChI is InChI=1S/C20H20N4OS2/c1-5-10-24-15-9-7-6-8-14(15)21-20(24)27-13(4)17-22-18(25)16-11(2)12(3)26-19(16)23-17/h5-9,13H,1,10H2,2-4H3,(H,22,23,25). The molecular weight excluding hydrogens is 376 g/mol. The van der Waals surface area contributed by atoms with Crippen LogP contribution in [0.2, 0.25) is 0 Å². The summed E-state index contributed by atoms with van der Waals surface area (Å²) in [5.41, 5.74) is 2.98. The lowest BCUT2D eigenvalue weighted by Crippen LogP contribution is -2.12. The number of hydrogen-bond donors (Lipinski definition) is 1. The Hall–Kier alpha value is -2.38. The summed E-state index contributed by atoms with van der Waals surface area (Å²) in [4.78, 5) is 27.0. The van der Waals surface area contributed by atoms with Crippen molar-refractivity contribution in [3.63, 3.8) is 0 Å². The Bertz CT molecular complexity index is 1220. The predicted octanol–water partition coefficient (Wildman–Crippen LogP) is 4.99. The molecule has 5 nitrogen and oxygen atoms in total. The van der Waals surface area contributed by atoms with E-state index in [9.17, 15) is 4.79 Å². The highest BCUT2D eigenvalue weighted by molar-refractivity contribution is 7.99. The van der Waals surface area contributed by atoms with E-state index in [0.29, 0.717) is 17.8 Å². The number of benzene rings is 1. The Morgan fingerprint density at radius 3 is 2.89 bits per heavy atom. The topological polar surface area (TPSA) is 63.6 Å². The van der Waals surface area contributed by atoms with Crippen LogP contribution in [0.15, 0.2) is 46.9 Å². The van der Waals surface area contributed by atoms with E-state index in [2.05, 4.69) is 22.2 Å². The highest BCUT2D eigenvalue weighted by atomic mass is 32.2. The first-order valence-corrected chi connectivity index (χ1v) is 10.4. The number of aromatic amines is 1. The molecule has 1 N–H and O–H groups in total. The number of aryl methyl sites for hydroxylation is 2. The SMILES string of the molecule is C=CCn1c(SC(C)c2nc3sc(C)c(C)c3c(=O)[nH]2)nc2ccccc21. The average molecular weight is 397 g/mol. The van der Waals surface area contributed by atoms with Gasteiger partial charge in [0.15, 0.2) is 5.16 Å². The van der Waals surface area contributed by atoms with E-state index in [0.717, 1.165) is 31.5 Å². The van der Waals surface area contributed by atoms with E-state index in [1.165, 1.54) is 0 Å². The van der Waals surface area contributed by atoms with Crippen molar-refractivity contribution in [1.29, 1.82) is 0 Å². The third-order valence-corrected chi connectivity index (χ3v) is 6.86. The molecule has 0 fully saturated rings. The molecule has 7 heteroatoms. The first-order valence-electron chi connectivity index (χ1n) is 8.72. The van der Waals surface area contributed by atoms with Gasteiger partial charge in [-0.3, -0.25) is 4.79 Å². The molecule has 138 valence electrons. The van der Waals surface area contributed by atoms with Crippen molar-refractivity contribution in [3.8, 4) is 0 Å². The fraction of sp³-hybridized carbons (Fsp3) is 0.250. The van der Waals surface area contributed by atoms with Crippen LogP contribution in [-0.4, -0.2) is 19.5 Å². The zero-order valence-corrected chi connectivity index (χ0v) is 17.1. The van der Waals surface area contributed by atoms with Gasteiger partial charge in [0.1, 0.15) is 10.7 Å². The number of aromatic nitrogens is 4. The lowest BCUT2D eigenvalue weighted by molar-refractivity contribution is 0.744. The normalized spacial score (nSPS) is 12.7. The number of para-hydroxylation sites is 2. The number of thioether (sulfide) groups is 1. The summed E-state index contributed by atoms with van der Waals surface area (Å²) in [6, 6.07) is 8.06. The van der Waals surface area contributed by atoms with Gasteiger partial charge in [0.25, 0.3) is 5.56 Å². The van der Waals surface area contributed by atoms with Crippen molar-refractivity contribution >= 4 is 44.3 Å². The largest absolute Gasteiger partial charge is 0.315 e. The molecule has 0 radical (unpaired) electrons. The molecule has 3 heterocycles. The third-order valence-electron chi connectivity index (χ3n) is 4.66. The van der Waals surface area contributed by atoms with Crippen LogP contribution in [0.5, 0.6) is 0 Å². The molecule has 0 amide bonds. The Morgan fingerprint density at radius 2 is 2.11 bits per heavy atom. The van der Waals surface area contributed by atoms with Crippen LogP contribution in [-0.2, 0) is 6.54 Å². The number of hydrogen-bond acceptors (Lipinski definition) is 5. The highest BCUT2D eigenvalue weighted by Gasteiger charge is 2.19. The Labute approximate surface area is 165 Å². The predicted molar refractivity (Wildman–Crippen MR) is 114 cm³/mol. The van der Waals surface area contributed by atoms with Gasteiger partial charge >= 0.3 is 0 Å². The number of allylic oxidation sites excluding steroid dienone is 1. The minimum Gasteiger partial charge on any atom is -0.315 e. The summed E-state index contributed by atoms with van der Waals surface area (Å²) >= 11 is 3.16. The summed E-state index contributed by atoms with van der Waals surface area (Å²) in [5.74, 6) is 0.677. The monoisotopic (exact) mass is 396 g/mol. The second-order valence-electron chi connectivity index (χ2n) is 6.46. The zero-order valence-electron chi connectivity index (χ0n) is 15.4. The number of nitrogens with zero attached hydrogens (tertiary/aromatic N) is 3. The summed E-state index contributed by atoms with van der Waals surface area (Å²) in [6.45, 7) is 10.6. The summed E-state index contributed by atoms with van der Waals surface area (Å²) in [7, 11) is 0. The van der Waals surface area contributed by atoms with Gasteiger partial charge in [-0.1, -0.05) is 30.0 Å². The molecule has 0 saturated carbocycles. The van der Waals surface area contributed by atoms with Gasteiger partial charge in [0, 0.05) is 11.4 Å². The molecule has 1 aromatic carbocycles. The quantitative estimate of drug-likeness (QED) is 0.381. The Morgan fingerprint density at radius 1 is 1.33 bits per heavy atom. The molecule has 0 spiro atoms. The maximum absolute atomic E-state index is 12.6. The van der Waals surface area contributed by atoms with Gasteiger partial charge < -0.3 is 9.55 Å². The van der Waals surface area contributed by atoms with Crippen molar-refractivity contribution in [2.45, 2.75) is 37.7 Å². The van der Waals surface area contributed by atoms with Gasteiger partial charge in [-0.2, -0.15) is 0 Å². The molecule has 0 aliphatic carbocycles. The molecule has 1 unspecified atom stereocenters. The van der Waals surface area contributed by atoms with Crippen LogP contribution >= 0.6 is 23.1 Å². The third kappa shape index (κ3) is 3.11. The van der Waals surface area contributed by atoms with E-state index in [1.807, 2.05) is 45.0 Å². The number of rotatable bonds is 5. The Balaban J connectivity index is 1.74. The number of fused-ring (bicyclic) bond motifs is 2. The van der Waals surface area contributed by atoms with Crippen LogP contribution in [0.3, 0.4) is 0 Å². The van der Waals surface area contributed by atoms with Crippen molar-refractivity contribution < 1.29 is 0 Å². The molecule has 1 atom stereocenters. The van der Waals surface area contributed by atoms with E-state index in [4.69, 9.17) is 9.97 Å². The summed E-state index contributed by atoms with van der Waals surface area (Å²) in [5, 5.41) is 1.56. The van der Waals surface area contributed by atoms with Crippen molar-refractivity contribution in [2.24, 2.45) is 0 Å². The minimum atomic E-state index is -0.0658. The second kappa shape index (κ2) is 6.98. The van der Waals surface area contributed by atoms with E-state index >= 15 is 0 Å². The average Bonchev–Trinajstić information content (AvgIpc) is 3.13. The lowest BCUT2D eigenvalue weighted by atomic mass is 10.2. The van der Waals surface area contributed by atoms with Crippen LogP contribution in [0.1, 0.15) is 28.4 Å². The van der Waals surface area contributed by atoms with Crippen LogP contribution < -0.4 is 5.56 Å². The van der Waals surface area contributed by atoms with E-state index < -0.39 is 0 Å². The molecule has 4 rings (SSSR count). The molecule has 3 aromatic heterocycles. The summed E-state index contributed by atoms with van der Waals surface area (Å²) < 4.78 is 2.14. The number of imidazole rings is 1. The zero-order chi connectivity index (χ0) is 19.1. The van der Waals surface area contributed by atoms with E-state index in [-0.39, 0.29) is 10.8 Å². The van der Waals surface area contributed by atoms with Crippen LogP contribution in [0.25, 0.3) is 21.3 Å². The van der Waals surface area contributed by atoms with Gasteiger partial charge in [-0.05, 0) is 38.5 Å². The first kappa shape index (κ1) is 18.0. The Kier molecular flexibility index (Phi) is 4.65. The molecule has 0 saturated heterocycles. The molecule has 4 aromatic rings. The number of nitrogens with one attached hydrogen (secondary N) is 1. The van der Waals surface area contributed by atoms with E-state index in [1.54, 1.807) is 23.1 Å². The van der Waals surface area contributed by atoms with Gasteiger partial charge in [0.2, 0.25) is 0 Å². The minimum absolute atomic E-state index is 0.0369. The maximum Gasteiger partial charge on any atom is 0.259 e. The maximum atomic E-state index is 12.6. The fourth-order valence-electron chi connectivity index (χ4n) is 3.13. The van der Waals surface area contributed by atoms with Crippen molar-refractivity contribution in [2.75, 3.05) is 0 Å².